The second kappa shape index (κ2) is 6.52. The predicted octanol–water partition coefficient (Wildman–Crippen LogP) is 5.04. The molecule has 0 heterocycles. The molecule has 1 N–H and O–H groups in total. The van der Waals surface area contributed by atoms with Crippen LogP contribution in [0.25, 0.3) is 0 Å². The molecule has 1 heteroatoms. The predicted molar refractivity (Wildman–Crippen MR) is 90.6 cm³/mol. The molecule has 116 valence electrons. The Kier molecular flexibility index (Phi) is 4.69. The largest absolute Gasteiger partial charge is 0.307 e. The molecule has 2 aliphatic rings. The van der Waals surface area contributed by atoms with Gasteiger partial charge in [-0.2, -0.15) is 0 Å². The zero-order valence-electron chi connectivity index (χ0n) is 14.0. The fourth-order valence-corrected chi connectivity index (χ4v) is 4.50. The van der Waals surface area contributed by atoms with Crippen LogP contribution in [0.5, 0.6) is 0 Å². The summed E-state index contributed by atoms with van der Waals surface area (Å²) in [6.45, 7) is 7.13. The summed E-state index contributed by atoms with van der Waals surface area (Å²) < 4.78 is 0. The molecule has 0 radical (unpaired) electrons. The SMILES string of the molecule is CCC1CCC(NC(C)c2ccc3c(c2)CCCC3)C1C. The van der Waals surface area contributed by atoms with E-state index in [0.29, 0.717) is 12.1 Å². The second-order valence-electron chi connectivity index (χ2n) is 7.33. The monoisotopic (exact) mass is 285 g/mol. The zero-order chi connectivity index (χ0) is 14.8. The fraction of sp³-hybridized carbons (Fsp3) is 0.700. The molecule has 0 amide bonds. The molecule has 0 spiro atoms. The van der Waals surface area contributed by atoms with Crippen LogP contribution in [0.2, 0.25) is 0 Å². The van der Waals surface area contributed by atoms with Crippen molar-refractivity contribution in [3.8, 4) is 0 Å². The lowest BCUT2D eigenvalue weighted by Crippen LogP contribution is -2.34. The van der Waals surface area contributed by atoms with Gasteiger partial charge in [0.15, 0.2) is 0 Å². The van der Waals surface area contributed by atoms with E-state index in [1.807, 2.05) is 0 Å². The van der Waals surface area contributed by atoms with Crippen molar-refractivity contribution in [2.45, 2.75) is 77.8 Å². The summed E-state index contributed by atoms with van der Waals surface area (Å²) in [6, 6.07) is 8.41. The minimum atomic E-state index is 0.486. The Bertz CT molecular complexity index is 479. The summed E-state index contributed by atoms with van der Waals surface area (Å²) in [5.74, 6) is 1.76. The number of hydrogen-bond donors (Lipinski definition) is 1. The Morgan fingerprint density at radius 3 is 2.62 bits per heavy atom. The van der Waals surface area contributed by atoms with E-state index in [2.05, 4.69) is 44.3 Å². The van der Waals surface area contributed by atoms with Gasteiger partial charge in [-0.05, 0) is 74.0 Å². The lowest BCUT2D eigenvalue weighted by Gasteiger charge is -2.26. The van der Waals surface area contributed by atoms with Crippen molar-refractivity contribution >= 4 is 0 Å². The third kappa shape index (κ3) is 3.18. The molecule has 21 heavy (non-hydrogen) atoms. The van der Waals surface area contributed by atoms with E-state index in [4.69, 9.17) is 0 Å². The first-order chi connectivity index (χ1) is 10.2. The van der Waals surface area contributed by atoms with Gasteiger partial charge < -0.3 is 5.32 Å². The lowest BCUT2D eigenvalue weighted by atomic mass is 9.89. The van der Waals surface area contributed by atoms with E-state index in [9.17, 15) is 0 Å². The van der Waals surface area contributed by atoms with Gasteiger partial charge in [-0.3, -0.25) is 0 Å². The van der Waals surface area contributed by atoms with E-state index in [-0.39, 0.29) is 0 Å². The van der Waals surface area contributed by atoms with Gasteiger partial charge in [0.1, 0.15) is 0 Å². The van der Waals surface area contributed by atoms with Gasteiger partial charge >= 0.3 is 0 Å². The first kappa shape index (κ1) is 15.1. The normalized spacial score (nSPS) is 30.1. The van der Waals surface area contributed by atoms with Crippen molar-refractivity contribution in [1.82, 2.24) is 5.32 Å². The average Bonchev–Trinajstić information content (AvgIpc) is 2.87. The Morgan fingerprint density at radius 1 is 1.14 bits per heavy atom. The van der Waals surface area contributed by atoms with Crippen LogP contribution < -0.4 is 5.32 Å². The molecule has 4 unspecified atom stereocenters. The maximum Gasteiger partial charge on any atom is 0.0294 e. The molecule has 3 rings (SSSR count). The summed E-state index contributed by atoms with van der Waals surface area (Å²) in [7, 11) is 0. The molecule has 1 aromatic rings. The minimum Gasteiger partial charge on any atom is -0.307 e. The highest BCUT2D eigenvalue weighted by Gasteiger charge is 2.32. The van der Waals surface area contributed by atoms with Crippen LogP contribution in [0.3, 0.4) is 0 Å². The van der Waals surface area contributed by atoms with Crippen molar-refractivity contribution in [2.24, 2.45) is 11.8 Å². The van der Waals surface area contributed by atoms with Crippen LogP contribution in [0.15, 0.2) is 18.2 Å². The molecule has 1 nitrogen and oxygen atoms in total. The average molecular weight is 285 g/mol. The summed E-state index contributed by atoms with van der Waals surface area (Å²) in [4.78, 5) is 0. The van der Waals surface area contributed by atoms with Gasteiger partial charge in [0.25, 0.3) is 0 Å². The number of hydrogen-bond acceptors (Lipinski definition) is 1. The first-order valence-corrected chi connectivity index (χ1v) is 9.06. The van der Waals surface area contributed by atoms with Gasteiger partial charge in [0.05, 0.1) is 0 Å². The quantitative estimate of drug-likeness (QED) is 0.817. The Hall–Kier alpha value is -0.820. The van der Waals surface area contributed by atoms with E-state index in [1.54, 1.807) is 11.1 Å². The van der Waals surface area contributed by atoms with Crippen LogP contribution >= 0.6 is 0 Å². The van der Waals surface area contributed by atoms with Crippen LogP contribution in [0.1, 0.15) is 75.6 Å². The Morgan fingerprint density at radius 2 is 1.90 bits per heavy atom. The van der Waals surface area contributed by atoms with Crippen LogP contribution in [-0.4, -0.2) is 6.04 Å². The Balaban J connectivity index is 1.67. The number of aryl methyl sites for hydroxylation is 2. The van der Waals surface area contributed by atoms with E-state index in [1.165, 1.54) is 50.5 Å². The molecular weight excluding hydrogens is 254 g/mol. The summed E-state index contributed by atoms with van der Waals surface area (Å²) in [6.07, 6.45) is 9.42. The highest BCUT2D eigenvalue weighted by molar-refractivity contribution is 5.35. The van der Waals surface area contributed by atoms with Crippen molar-refractivity contribution in [2.75, 3.05) is 0 Å². The van der Waals surface area contributed by atoms with Gasteiger partial charge in [0.2, 0.25) is 0 Å². The molecule has 1 aromatic carbocycles. The van der Waals surface area contributed by atoms with Crippen molar-refractivity contribution in [3.63, 3.8) is 0 Å². The maximum atomic E-state index is 3.92. The van der Waals surface area contributed by atoms with Crippen LogP contribution in [0.4, 0.5) is 0 Å². The third-order valence-electron chi connectivity index (χ3n) is 6.09. The summed E-state index contributed by atoms with van der Waals surface area (Å²) >= 11 is 0. The smallest absolute Gasteiger partial charge is 0.0294 e. The maximum absolute atomic E-state index is 3.92. The topological polar surface area (TPSA) is 12.0 Å². The minimum absolute atomic E-state index is 0.486. The number of benzene rings is 1. The zero-order valence-corrected chi connectivity index (χ0v) is 14.0. The van der Waals surface area contributed by atoms with Gasteiger partial charge in [-0.25, -0.2) is 0 Å². The molecule has 0 saturated heterocycles. The highest BCUT2D eigenvalue weighted by Crippen LogP contribution is 2.35. The summed E-state index contributed by atoms with van der Waals surface area (Å²) in [5.41, 5.74) is 4.69. The van der Waals surface area contributed by atoms with Crippen molar-refractivity contribution in [1.29, 1.82) is 0 Å². The molecule has 1 saturated carbocycles. The fourth-order valence-electron chi connectivity index (χ4n) is 4.50. The van der Waals surface area contributed by atoms with Crippen molar-refractivity contribution in [3.05, 3.63) is 34.9 Å². The van der Waals surface area contributed by atoms with Crippen LogP contribution in [0, 0.1) is 11.8 Å². The van der Waals surface area contributed by atoms with Crippen LogP contribution in [-0.2, 0) is 12.8 Å². The lowest BCUT2D eigenvalue weighted by molar-refractivity contribution is 0.327. The number of fused-ring (bicyclic) bond motifs is 1. The van der Waals surface area contributed by atoms with Gasteiger partial charge in [-0.1, -0.05) is 38.5 Å². The molecule has 0 aliphatic heterocycles. The molecular formula is C20H31N. The van der Waals surface area contributed by atoms with Gasteiger partial charge in [-0.15, -0.1) is 0 Å². The molecule has 0 bridgehead atoms. The molecule has 1 fully saturated rings. The second-order valence-corrected chi connectivity index (χ2v) is 7.33. The molecule has 4 atom stereocenters. The van der Waals surface area contributed by atoms with E-state index < -0.39 is 0 Å². The van der Waals surface area contributed by atoms with Crippen molar-refractivity contribution < 1.29 is 0 Å². The standard InChI is InChI=1S/C20H31N/c1-4-16-11-12-20(14(16)2)21-15(3)18-10-9-17-7-5-6-8-19(17)13-18/h9-10,13-16,20-21H,4-8,11-12H2,1-3H3. The number of rotatable bonds is 4. The van der Waals surface area contributed by atoms with E-state index in [0.717, 1.165) is 11.8 Å². The first-order valence-electron chi connectivity index (χ1n) is 9.06. The number of nitrogens with one attached hydrogen (secondary N) is 1. The highest BCUT2D eigenvalue weighted by atomic mass is 15.0. The molecule has 2 aliphatic carbocycles. The third-order valence-corrected chi connectivity index (χ3v) is 6.09. The van der Waals surface area contributed by atoms with E-state index >= 15 is 0 Å². The molecule has 0 aromatic heterocycles. The summed E-state index contributed by atoms with van der Waals surface area (Å²) in [5, 5.41) is 3.92. The Labute approximate surface area is 130 Å². The van der Waals surface area contributed by atoms with Gasteiger partial charge in [0, 0.05) is 12.1 Å².